The standard InChI is InChI=1S/C15H23ClN2O3/c1-15(2,3)18-14(19)9-21-13-7-11(16)10(8-17-4)6-12(13)20-5/h6-7,17H,8-9H2,1-5H3,(H,18,19). The lowest BCUT2D eigenvalue weighted by atomic mass is 10.1. The van der Waals surface area contributed by atoms with Crippen LogP contribution in [0.1, 0.15) is 26.3 Å². The first-order valence-electron chi connectivity index (χ1n) is 6.71. The molecule has 0 heterocycles. The highest BCUT2D eigenvalue weighted by Gasteiger charge is 2.16. The summed E-state index contributed by atoms with van der Waals surface area (Å²) in [5, 5.41) is 6.42. The molecule has 0 radical (unpaired) electrons. The maximum atomic E-state index is 11.8. The Kier molecular flexibility index (Phi) is 6.30. The Bertz CT molecular complexity index is 498. The summed E-state index contributed by atoms with van der Waals surface area (Å²) in [5.41, 5.74) is 0.612. The van der Waals surface area contributed by atoms with Crippen molar-refractivity contribution in [2.45, 2.75) is 32.9 Å². The second-order valence-electron chi connectivity index (χ2n) is 5.71. The third-order valence-electron chi connectivity index (χ3n) is 2.57. The summed E-state index contributed by atoms with van der Waals surface area (Å²) < 4.78 is 10.8. The van der Waals surface area contributed by atoms with Crippen LogP contribution < -0.4 is 20.1 Å². The van der Waals surface area contributed by atoms with Crippen molar-refractivity contribution in [2.24, 2.45) is 0 Å². The molecule has 6 heteroatoms. The van der Waals surface area contributed by atoms with Crippen LogP contribution in [0.5, 0.6) is 11.5 Å². The number of nitrogens with one attached hydrogen (secondary N) is 2. The summed E-state index contributed by atoms with van der Waals surface area (Å²) in [6.07, 6.45) is 0. The van der Waals surface area contributed by atoms with Gasteiger partial charge in [-0.25, -0.2) is 0 Å². The predicted molar refractivity (Wildman–Crippen MR) is 84.2 cm³/mol. The molecule has 0 bridgehead atoms. The van der Waals surface area contributed by atoms with Crippen LogP contribution in [-0.2, 0) is 11.3 Å². The number of rotatable bonds is 6. The molecule has 21 heavy (non-hydrogen) atoms. The lowest BCUT2D eigenvalue weighted by Gasteiger charge is -2.21. The molecule has 0 aliphatic heterocycles. The van der Waals surface area contributed by atoms with Crippen molar-refractivity contribution in [1.82, 2.24) is 10.6 Å². The van der Waals surface area contributed by atoms with Crippen LogP contribution in [0.2, 0.25) is 5.02 Å². The van der Waals surface area contributed by atoms with Gasteiger partial charge in [0.25, 0.3) is 5.91 Å². The molecule has 0 atom stereocenters. The number of amides is 1. The van der Waals surface area contributed by atoms with Gasteiger partial charge in [-0.3, -0.25) is 4.79 Å². The predicted octanol–water partition coefficient (Wildman–Crippen LogP) is 2.36. The van der Waals surface area contributed by atoms with E-state index in [1.807, 2.05) is 27.8 Å². The lowest BCUT2D eigenvalue weighted by Crippen LogP contribution is -2.43. The van der Waals surface area contributed by atoms with Crippen molar-refractivity contribution >= 4 is 17.5 Å². The molecule has 0 saturated carbocycles. The van der Waals surface area contributed by atoms with Gasteiger partial charge < -0.3 is 20.1 Å². The molecule has 0 aliphatic rings. The van der Waals surface area contributed by atoms with Gasteiger partial charge in [0, 0.05) is 23.2 Å². The Morgan fingerprint density at radius 1 is 1.29 bits per heavy atom. The van der Waals surface area contributed by atoms with Crippen molar-refractivity contribution < 1.29 is 14.3 Å². The molecule has 1 rings (SSSR count). The molecule has 1 aromatic rings. The van der Waals surface area contributed by atoms with Crippen LogP contribution in [-0.4, -0.2) is 32.2 Å². The fraction of sp³-hybridized carbons (Fsp3) is 0.533. The molecule has 1 amide bonds. The molecule has 118 valence electrons. The Morgan fingerprint density at radius 3 is 2.48 bits per heavy atom. The molecule has 0 aromatic heterocycles. The average molecular weight is 315 g/mol. The highest BCUT2D eigenvalue weighted by Crippen LogP contribution is 2.33. The Hall–Kier alpha value is -1.46. The van der Waals surface area contributed by atoms with Gasteiger partial charge in [0.15, 0.2) is 18.1 Å². The number of hydrogen-bond donors (Lipinski definition) is 2. The van der Waals surface area contributed by atoms with E-state index in [1.165, 1.54) is 0 Å². The molecule has 0 aliphatic carbocycles. The van der Waals surface area contributed by atoms with Gasteiger partial charge in [-0.1, -0.05) is 11.6 Å². The number of ether oxygens (including phenoxy) is 2. The van der Waals surface area contributed by atoms with Crippen molar-refractivity contribution in [3.05, 3.63) is 22.7 Å². The topological polar surface area (TPSA) is 59.6 Å². The number of methoxy groups -OCH3 is 1. The van der Waals surface area contributed by atoms with Gasteiger partial charge in [0.2, 0.25) is 0 Å². The molecule has 0 fully saturated rings. The molecule has 1 aromatic carbocycles. The van der Waals surface area contributed by atoms with Crippen LogP contribution >= 0.6 is 11.6 Å². The number of hydrogen-bond acceptors (Lipinski definition) is 4. The Morgan fingerprint density at radius 2 is 1.95 bits per heavy atom. The maximum Gasteiger partial charge on any atom is 0.258 e. The summed E-state index contributed by atoms with van der Waals surface area (Å²) in [5.74, 6) is 0.805. The zero-order valence-electron chi connectivity index (χ0n) is 13.2. The summed E-state index contributed by atoms with van der Waals surface area (Å²) in [4.78, 5) is 11.8. The monoisotopic (exact) mass is 314 g/mol. The smallest absolute Gasteiger partial charge is 0.258 e. The van der Waals surface area contributed by atoms with Crippen LogP contribution in [0.4, 0.5) is 0 Å². The zero-order valence-corrected chi connectivity index (χ0v) is 13.9. The van der Waals surface area contributed by atoms with Crippen molar-refractivity contribution in [1.29, 1.82) is 0 Å². The third kappa shape index (κ3) is 5.81. The second kappa shape index (κ2) is 7.52. The van der Waals surface area contributed by atoms with Gasteiger partial charge in [0.05, 0.1) is 7.11 Å². The molecule has 0 spiro atoms. The average Bonchev–Trinajstić information content (AvgIpc) is 2.37. The van der Waals surface area contributed by atoms with Gasteiger partial charge in [0.1, 0.15) is 0 Å². The summed E-state index contributed by atoms with van der Waals surface area (Å²) in [6, 6.07) is 3.47. The van der Waals surface area contributed by atoms with Crippen LogP contribution in [0.25, 0.3) is 0 Å². The number of halogens is 1. The molecular formula is C15H23ClN2O3. The van der Waals surface area contributed by atoms with Crippen LogP contribution in [0, 0.1) is 0 Å². The van der Waals surface area contributed by atoms with E-state index in [-0.39, 0.29) is 18.1 Å². The van der Waals surface area contributed by atoms with E-state index in [9.17, 15) is 4.79 Å². The normalized spacial score (nSPS) is 11.1. The highest BCUT2D eigenvalue weighted by molar-refractivity contribution is 6.31. The quantitative estimate of drug-likeness (QED) is 0.846. The molecule has 5 nitrogen and oxygen atoms in total. The lowest BCUT2D eigenvalue weighted by molar-refractivity contribution is -0.124. The van der Waals surface area contributed by atoms with Gasteiger partial charge >= 0.3 is 0 Å². The van der Waals surface area contributed by atoms with E-state index < -0.39 is 0 Å². The van der Waals surface area contributed by atoms with E-state index in [4.69, 9.17) is 21.1 Å². The first-order chi connectivity index (χ1) is 9.76. The van der Waals surface area contributed by atoms with Gasteiger partial charge in [-0.05, 0) is 39.4 Å². The molecule has 2 N–H and O–H groups in total. The van der Waals surface area contributed by atoms with E-state index in [1.54, 1.807) is 19.2 Å². The van der Waals surface area contributed by atoms with Crippen molar-refractivity contribution in [3.8, 4) is 11.5 Å². The third-order valence-corrected chi connectivity index (χ3v) is 2.92. The molecular weight excluding hydrogens is 292 g/mol. The molecule has 0 unspecified atom stereocenters. The van der Waals surface area contributed by atoms with E-state index in [0.29, 0.717) is 23.1 Å². The highest BCUT2D eigenvalue weighted by atomic mass is 35.5. The minimum absolute atomic E-state index is 0.0880. The molecule has 0 saturated heterocycles. The number of benzene rings is 1. The van der Waals surface area contributed by atoms with Crippen molar-refractivity contribution in [2.75, 3.05) is 20.8 Å². The van der Waals surface area contributed by atoms with E-state index in [2.05, 4.69) is 10.6 Å². The zero-order chi connectivity index (χ0) is 16.0. The number of carbonyl (C=O) groups excluding carboxylic acids is 1. The second-order valence-corrected chi connectivity index (χ2v) is 6.12. The maximum absolute atomic E-state index is 11.8. The minimum Gasteiger partial charge on any atom is -0.493 e. The van der Waals surface area contributed by atoms with Crippen molar-refractivity contribution in [3.63, 3.8) is 0 Å². The van der Waals surface area contributed by atoms with Gasteiger partial charge in [-0.2, -0.15) is 0 Å². The van der Waals surface area contributed by atoms with E-state index >= 15 is 0 Å². The number of carbonyl (C=O) groups is 1. The summed E-state index contributed by atoms with van der Waals surface area (Å²) in [7, 11) is 3.39. The Balaban J connectivity index is 2.79. The van der Waals surface area contributed by atoms with Crippen LogP contribution in [0.3, 0.4) is 0 Å². The SMILES string of the molecule is CNCc1cc(OC)c(OCC(=O)NC(C)(C)C)cc1Cl. The first kappa shape index (κ1) is 17.6. The Labute approximate surface area is 131 Å². The fourth-order valence-electron chi connectivity index (χ4n) is 1.77. The summed E-state index contributed by atoms with van der Waals surface area (Å²) >= 11 is 6.18. The van der Waals surface area contributed by atoms with Crippen LogP contribution in [0.15, 0.2) is 12.1 Å². The largest absolute Gasteiger partial charge is 0.493 e. The van der Waals surface area contributed by atoms with E-state index in [0.717, 1.165) is 5.56 Å². The minimum atomic E-state index is -0.293. The summed E-state index contributed by atoms with van der Waals surface area (Å²) in [6.45, 7) is 6.27. The fourth-order valence-corrected chi connectivity index (χ4v) is 1.99. The van der Waals surface area contributed by atoms with Gasteiger partial charge in [-0.15, -0.1) is 0 Å². The first-order valence-corrected chi connectivity index (χ1v) is 7.09.